The molecular weight excluding hydrogens is 334 g/mol. The largest absolute Gasteiger partial charge is 0.478 e. The Morgan fingerprint density at radius 3 is 2.84 bits per heavy atom. The topological polar surface area (TPSA) is 62.5 Å². The molecule has 1 heterocycles. The van der Waals surface area contributed by atoms with Crippen LogP contribution in [0.15, 0.2) is 33.4 Å². The average molecular weight is 345 g/mol. The summed E-state index contributed by atoms with van der Waals surface area (Å²) in [5.41, 5.74) is 1.94. The Morgan fingerprint density at radius 2 is 2.21 bits per heavy atom. The summed E-state index contributed by atoms with van der Waals surface area (Å²) < 4.78 is 6.04. The van der Waals surface area contributed by atoms with Crippen molar-refractivity contribution >= 4 is 39.2 Å². The average Bonchev–Trinajstić information content (AvgIpc) is 2.81. The Labute approximate surface area is 123 Å². The van der Waals surface area contributed by atoms with Crippen LogP contribution in [0.4, 0.5) is 5.69 Å². The zero-order chi connectivity index (χ0) is 14.0. The standard InChI is InChI=1S/C13H11BrClNO3/c1-7-2-10(14)12(4-11(7)15)16-5-9-3-8(6-19-9)13(17)18/h2-4,6,16H,5H2,1H3,(H,17,18). The first-order valence-corrected chi connectivity index (χ1v) is 6.64. The maximum atomic E-state index is 10.7. The quantitative estimate of drug-likeness (QED) is 0.867. The van der Waals surface area contributed by atoms with Gasteiger partial charge in [-0.05, 0) is 46.6 Å². The van der Waals surface area contributed by atoms with Crippen molar-refractivity contribution in [3.05, 3.63) is 50.8 Å². The van der Waals surface area contributed by atoms with Gasteiger partial charge < -0.3 is 14.8 Å². The second kappa shape index (κ2) is 5.67. The van der Waals surface area contributed by atoms with Crippen LogP contribution in [0, 0.1) is 6.92 Å². The van der Waals surface area contributed by atoms with Crippen molar-refractivity contribution in [2.24, 2.45) is 0 Å². The van der Waals surface area contributed by atoms with E-state index in [4.69, 9.17) is 21.1 Å². The number of aromatic carboxylic acids is 1. The molecule has 19 heavy (non-hydrogen) atoms. The number of carboxylic acid groups (broad SMARTS) is 1. The molecule has 2 aromatic rings. The minimum Gasteiger partial charge on any atom is -0.478 e. The van der Waals surface area contributed by atoms with Crippen LogP contribution in [-0.4, -0.2) is 11.1 Å². The van der Waals surface area contributed by atoms with Crippen molar-refractivity contribution in [2.75, 3.05) is 5.32 Å². The molecule has 0 saturated heterocycles. The van der Waals surface area contributed by atoms with Gasteiger partial charge in [-0.1, -0.05) is 11.6 Å². The molecular formula is C13H11BrClNO3. The van der Waals surface area contributed by atoms with Crippen molar-refractivity contribution in [1.29, 1.82) is 0 Å². The van der Waals surface area contributed by atoms with Crippen LogP contribution in [0.25, 0.3) is 0 Å². The third kappa shape index (κ3) is 3.30. The fourth-order valence-electron chi connectivity index (χ4n) is 1.55. The summed E-state index contributed by atoms with van der Waals surface area (Å²) in [4.78, 5) is 10.7. The number of carboxylic acids is 1. The number of halogens is 2. The van der Waals surface area contributed by atoms with Gasteiger partial charge in [0.1, 0.15) is 12.0 Å². The molecule has 1 aromatic heterocycles. The second-order valence-corrected chi connectivity index (χ2v) is 5.30. The fraction of sp³-hybridized carbons (Fsp3) is 0.154. The molecule has 2 N–H and O–H groups in total. The Bertz CT molecular complexity index is 624. The molecule has 0 aliphatic heterocycles. The van der Waals surface area contributed by atoms with Crippen LogP contribution < -0.4 is 5.32 Å². The van der Waals surface area contributed by atoms with Gasteiger partial charge in [0.2, 0.25) is 0 Å². The monoisotopic (exact) mass is 343 g/mol. The van der Waals surface area contributed by atoms with Gasteiger partial charge in [-0.3, -0.25) is 0 Å². The number of nitrogens with one attached hydrogen (secondary N) is 1. The molecule has 2 rings (SSSR count). The molecule has 6 heteroatoms. The minimum absolute atomic E-state index is 0.137. The molecule has 0 spiro atoms. The first-order valence-electron chi connectivity index (χ1n) is 5.47. The molecule has 4 nitrogen and oxygen atoms in total. The van der Waals surface area contributed by atoms with Gasteiger partial charge in [-0.2, -0.15) is 0 Å². The molecule has 0 unspecified atom stereocenters. The third-order valence-corrected chi connectivity index (χ3v) is 3.67. The van der Waals surface area contributed by atoms with Crippen LogP contribution in [-0.2, 0) is 6.54 Å². The number of hydrogen-bond donors (Lipinski definition) is 2. The summed E-state index contributed by atoms with van der Waals surface area (Å²) in [5.74, 6) is -0.462. The van der Waals surface area contributed by atoms with E-state index in [0.717, 1.165) is 15.7 Å². The molecule has 0 aliphatic carbocycles. The number of rotatable bonds is 4. The van der Waals surface area contributed by atoms with E-state index in [1.165, 1.54) is 12.3 Å². The molecule has 100 valence electrons. The van der Waals surface area contributed by atoms with Crippen molar-refractivity contribution in [2.45, 2.75) is 13.5 Å². The molecule has 0 amide bonds. The lowest BCUT2D eigenvalue weighted by Gasteiger charge is -2.09. The van der Waals surface area contributed by atoms with Crippen LogP contribution in [0.3, 0.4) is 0 Å². The molecule has 0 fully saturated rings. The normalized spacial score (nSPS) is 10.5. The van der Waals surface area contributed by atoms with E-state index in [9.17, 15) is 4.79 Å². The van der Waals surface area contributed by atoms with Crippen molar-refractivity contribution in [1.82, 2.24) is 0 Å². The van der Waals surface area contributed by atoms with Crippen LogP contribution in [0.2, 0.25) is 5.02 Å². The van der Waals surface area contributed by atoms with Crippen molar-refractivity contribution < 1.29 is 14.3 Å². The van der Waals surface area contributed by atoms with E-state index in [-0.39, 0.29) is 5.56 Å². The second-order valence-electron chi connectivity index (χ2n) is 4.04. The lowest BCUT2D eigenvalue weighted by molar-refractivity contribution is 0.0696. The molecule has 1 aromatic carbocycles. The van der Waals surface area contributed by atoms with Crippen LogP contribution >= 0.6 is 27.5 Å². The maximum Gasteiger partial charge on any atom is 0.338 e. The van der Waals surface area contributed by atoms with Crippen molar-refractivity contribution in [3.63, 3.8) is 0 Å². The summed E-state index contributed by atoms with van der Waals surface area (Å²) in [7, 11) is 0. The van der Waals surface area contributed by atoms with Gasteiger partial charge in [0.15, 0.2) is 0 Å². The zero-order valence-corrected chi connectivity index (χ0v) is 12.4. The molecule has 0 atom stereocenters. The Hall–Kier alpha value is -1.46. The molecule has 0 aliphatic rings. The highest BCUT2D eigenvalue weighted by Gasteiger charge is 2.09. The first kappa shape index (κ1) is 14.0. The number of aryl methyl sites for hydroxylation is 1. The summed E-state index contributed by atoms with van der Waals surface area (Å²) in [6.07, 6.45) is 1.22. The van der Waals surface area contributed by atoms with Gasteiger partial charge in [0, 0.05) is 9.50 Å². The molecule has 0 saturated carbocycles. The predicted molar refractivity (Wildman–Crippen MR) is 76.9 cm³/mol. The smallest absolute Gasteiger partial charge is 0.338 e. The van der Waals surface area contributed by atoms with E-state index in [0.29, 0.717) is 17.3 Å². The number of carbonyl (C=O) groups is 1. The Kier molecular flexibility index (Phi) is 4.17. The highest BCUT2D eigenvalue weighted by Crippen LogP contribution is 2.29. The summed E-state index contributed by atoms with van der Waals surface area (Å²) in [5, 5.41) is 12.6. The number of hydrogen-bond acceptors (Lipinski definition) is 3. The van der Waals surface area contributed by atoms with Crippen LogP contribution in [0.5, 0.6) is 0 Å². The van der Waals surface area contributed by atoms with E-state index in [1.807, 2.05) is 19.1 Å². The summed E-state index contributed by atoms with van der Waals surface area (Å²) >= 11 is 9.49. The SMILES string of the molecule is Cc1cc(Br)c(NCc2cc(C(=O)O)co2)cc1Cl. The first-order chi connectivity index (χ1) is 8.97. The highest BCUT2D eigenvalue weighted by atomic mass is 79.9. The third-order valence-electron chi connectivity index (χ3n) is 2.60. The maximum absolute atomic E-state index is 10.7. The minimum atomic E-state index is -1.01. The van der Waals surface area contributed by atoms with E-state index in [2.05, 4.69) is 21.2 Å². The number of anilines is 1. The number of benzene rings is 1. The van der Waals surface area contributed by atoms with E-state index in [1.54, 1.807) is 0 Å². The van der Waals surface area contributed by atoms with Gasteiger partial charge in [0.25, 0.3) is 0 Å². The van der Waals surface area contributed by atoms with Crippen molar-refractivity contribution in [3.8, 4) is 0 Å². The molecule has 0 radical (unpaired) electrons. The van der Waals surface area contributed by atoms with Crippen LogP contribution in [0.1, 0.15) is 21.7 Å². The number of furan rings is 1. The van der Waals surface area contributed by atoms with Gasteiger partial charge in [-0.15, -0.1) is 0 Å². The lowest BCUT2D eigenvalue weighted by atomic mass is 10.2. The molecule has 0 bridgehead atoms. The summed E-state index contributed by atoms with van der Waals surface area (Å²) in [6.45, 7) is 2.30. The Morgan fingerprint density at radius 1 is 1.47 bits per heavy atom. The van der Waals surface area contributed by atoms with Gasteiger partial charge in [0.05, 0.1) is 17.8 Å². The summed E-state index contributed by atoms with van der Waals surface area (Å²) in [6, 6.07) is 5.20. The highest BCUT2D eigenvalue weighted by molar-refractivity contribution is 9.10. The van der Waals surface area contributed by atoms with Gasteiger partial charge >= 0.3 is 5.97 Å². The van der Waals surface area contributed by atoms with Gasteiger partial charge in [-0.25, -0.2) is 4.79 Å². The van der Waals surface area contributed by atoms with E-state index < -0.39 is 5.97 Å². The fourth-order valence-corrected chi connectivity index (χ4v) is 2.31. The zero-order valence-electron chi connectivity index (χ0n) is 10.0. The predicted octanol–water partition coefficient (Wildman–Crippen LogP) is 4.31. The Balaban J connectivity index is 2.09. The van der Waals surface area contributed by atoms with E-state index >= 15 is 0 Å². The lowest BCUT2D eigenvalue weighted by Crippen LogP contribution is -1.99.